The van der Waals surface area contributed by atoms with Crippen molar-refractivity contribution in [1.82, 2.24) is 5.32 Å². The third-order valence-corrected chi connectivity index (χ3v) is 5.15. The maximum atomic E-state index is 12.4. The summed E-state index contributed by atoms with van der Waals surface area (Å²) in [7, 11) is 0. The predicted molar refractivity (Wildman–Crippen MR) is 126 cm³/mol. The molecule has 160 valence electrons. The molecule has 0 aliphatic heterocycles. The van der Waals surface area contributed by atoms with Crippen LogP contribution in [0.3, 0.4) is 0 Å². The Bertz CT molecular complexity index is 1050. The second-order valence-corrected chi connectivity index (χ2v) is 8.34. The van der Waals surface area contributed by atoms with E-state index in [9.17, 15) is 9.59 Å². The van der Waals surface area contributed by atoms with Gasteiger partial charge in [-0.25, -0.2) is 0 Å². The fraction of sp³-hybridized carbons (Fsp3) is 0.200. The van der Waals surface area contributed by atoms with Gasteiger partial charge in [-0.15, -0.1) is 0 Å². The molecule has 0 bridgehead atoms. The Hall–Kier alpha value is -3.12. The summed E-state index contributed by atoms with van der Waals surface area (Å²) in [5.41, 5.74) is 3.07. The minimum absolute atomic E-state index is 0.119. The summed E-state index contributed by atoms with van der Waals surface area (Å²) in [6.45, 7) is 4.47. The Morgan fingerprint density at radius 2 is 1.74 bits per heavy atom. The lowest BCUT2D eigenvalue weighted by molar-refractivity contribution is -0.118. The van der Waals surface area contributed by atoms with E-state index in [2.05, 4.69) is 40.4 Å². The Labute approximate surface area is 191 Å². The second kappa shape index (κ2) is 10.8. The zero-order valence-corrected chi connectivity index (χ0v) is 19.1. The highest BCUT2D eigenvalue weighted by molar-refractivity contribution is 9.10. The first kappa shape index (κ1) is 22.6. The van der Waals surface area contributed by atoms with E-state index >= 15 is 0 Å². The van der Waals surface area contributed by atoms with Crippen molar-refractivity contribution >= 4 is 33.4 Å². The van der Waals surface area contributed by atoms with E-state index < -0.39 is 0 Å². The standard InChI is InChI=1S/C25H25BrN2O3/c1-17(2)22-14-20(26)11-12-23(22)31-16-24(29)28-21-10-6-9-19(13-21)25(30)27-15-18-7-4-3-5-8-18/h3-14,17H,15-16H2,1-2H3,(H,27,30)(H,28,29). The van der Waals surface area contributed by atoms with E-state index in [1.807, 2.05) is 48.5 Å². The van der Waals surface area contributed by atoms with Crippen LogP contribution in [0.4, 0.5) is 5.69 Å². The Kier molecular flexibility index (Phi) is 7.84. The highest BCUT2D eigenvalue weighted by Gasteiger charge is 2.12. The lowest BCUT2D eigenvalue weighted by atomic mass is 10.0. The number of ether oxygens (including phenoxy) is 1. The van der Waals surface area contributed by atoms with E-state index in [1.54, 1.807) is 24.3 Å². The average molecular weight is 481 g/mol. The van der Waals surface area contributed by atoms with E-state index in [1.165, 1.54) is 0 Å². The summed E-state index contributed by atoms with van der Waals surface area (Å²) >= 11 is 3.46. The van der Waals surface area contributed by atoms with Crippen LogP contribution in [0.2, 0.25) is 0 Å². The molecule has 0 heterocycles. The average Bonchev–Trinajstić information content (AvgIpc) is 2.77. The van der Waals surface area contributed by atoms with Crippen LogP contribution in [0.5, 0.6) is 5.75 Å². The molecule has 3 aromatic rings. The Morgan fingerprint density at radius 3 is 2.48 bits per heavy atom. The molecule has 0 aliphatic rings. The molecule has 0 atom stereocenters. The molecule has 2 amide bonds. The number of benzene rings is 3. The summed E-state index contributed by atoms with van der Waals surface area (Å²) < 4.78 is 6.71. The topological polar surface area (TPSA) is 67.4 Å². The molecule has 0 fully saturated rings. The highest BCUT2D eigenvalue weighted by Crippen LogP contribution is 2.29. The number of nitrogens with one attached hydrogen (secondary N) is 2. The van der Waals surface area contributed by atoms with Gasteiger partial charge in [-0.1, -0.05) is 66.2 Å². The summed E-state index contributed by atoms with van der Waals surface area (Å²) in [5, 5.41) is 5.67. The molecule has 2 N–H and O–H groups in total. The fourth-order valence-corrected chi connectivity index (χ4v) is 3.44. The maximum Gasteiger partial charge on any atom is 0.262 e. The van der Waals surface area contributed by atoms with E-state index in [4.69, 9.17) is 4.74 Å². The van der Waals surface area contributed by atoms with E-state index in [0.29, 0.717) is 23.5 Å². The number of rotatable bonds is 8. The first-order valence-electron chi connectivity index (χ1n) is 10.1. The largest absolute Gasteiger partial charge is 0.483 e. The van der Waals surface area contributed by atoms with Gasteiger partial charge in [0.25, 0.3) is 11.8 Å². The number of anilines is 1. The molecule has 6 heteroatoms. The highest BCUT2D eigenvalue weighted by atomic mass is 79.9. The van der Waals surface area contributed by atoms with Gasteiger partial charge in [0, 0.05) is 22.3 Å². The summed E-state index contributed by atoms with van der Waals surface area (Å²) in [6.07, 6.45) is 0. The monoisotopic (exact) mass is 480 g/mol. The number of carbonyl (C=O) groups excluding carboxylic acids is 2. The number of hydrogen-bond acceptors (Lipinski definition) is 3. The van der Waals surface area contributed by atoms with Crippen LogP contribution in [0, 0.1) is 0 Å². The normalized spacial score (nSPS) is 10.6. The van der Waals surface area contributed by atoms with E-state index in [0.717, 1.165) is 15.6 Å². The molecule has 3 aromatic carbocycles. The fourth-order valence-electron chi connectivity index (χ4n) is 3.06. The van der Waals surface area contributed by atoms with Crippen LogP contribution in [-0.4, -0.2) is 18.4 Å². The van der Waals surface area contributed by atoms with Crippen molar-refractivity contribution in [1.29, 1.82) is 0 Å². The molecule has 0 unspecified atom stereocenters. The third kappa shape index (κ3) is 6.69. The van der Waals surface area contributed by atoms with Crippen molar-refractivity contribution in [3.05, 3.63) is 94.0 Å². The Balaban J connectivity index is 1.57. The number of halogens is 1. The summed E-state index contributed by atoms with van der Waals surface area (Å²) in [4.78, 5) is 24.8. The molecule has 0 saturated heterocycles. The van der Waals surface area contributed by atoms with Crippen molar-refractivity contribution in [2.45, 2.75) is 26.3 Å². The summed E-state index contributed by atoms with van der Waals surface area (Å²) in [5.74, 6) is 0.455. The van der Waals surface area contributed by atoms with Gasteiger partial charge in [0.15, 0.2) is 6.61 Å². The molecule has 0 radical (unpaired) electrons. The molecule has 0 aromatic heterocycles. The van der Waals surface area contributed by atoms with Crippen molar-refractivity contribution < 1.29 is 14.3 Å². The van der Waals surface area contributed by atoms with Crippen molar-refractivity contribution in [2.75, 3.05) is 11.9 Å². The minimum atomic E-state index is -0.292. The van der Waals surface area contributed by atoms with Gasteiger partial charge in [-0.05, 0) is 53.4 Å². The van der Waals surface area contributed by atoms with Crippen molar-refractivity contribution in [3.8, 4) is 5.75 Å². The molecular weight excluding hydrogens is 456 g/mol. The SMILES string of the molecule is CC(C)c1cc(Br)ccc1OCC(=O)Nc1cccc(C(=O)NCc2ccccc2)c1. The first-order chi connectivity index (χ1) is 14.9. The quantitative estimate of drug-likeness (QED) is 0.445. The van der Waals surface area contributed by atoms with Gasteiger partial charge < -0.3 is 15.4 Å². The minimum Gasteiger partial charge on any atom is -0.483 e. The molecule has 5 nitrogen and oxygen atoms in total. The van der Waals surface area contributed by atoms with Crippen LogP contribution in [-0.2, 0) is 11.3 Å². The molecule has 0 saturated carbocycles. The lowest BCUT2D eigenvalue weighted by Gasteiger charge is -2.14. The first-order valence-corrected chi connectivity index (χ1v) is 10.9. The van der Waals surface area contributed by atoms with Gasteiger partial charge in [0.05, 0.1) is 0 Å². The third-order valence-electron chi connectivity index (χ3n) is 4.66. The van der Waals surface area contributed by atoms with Gasteiger partial charge in [0.2, 0.25) is 0 Å². The van der Waals surface area contributed by atoms with Crippen LogP contribution in [0.15, 0.2) is 77.3 Å². The molecule has 0 aliphatic carbocycles. The van der Waals surface area contributed by atoms with Gasteiger partial charge in [-0.3, -0.25) is 9.59 Å². The van der Waals surface area contributed by atoms with E-state index in [-0.39, 0.29) is 24.3 Å². The maximum absolute atomic E-state index is 12.4. The van der Waals surface area contributed by atoms with Crippen LogP contribution >= 0.6 is 15.9 Å². The number of hydrogen-bond donors (Lipinski definition) is 2. The lowest BCUT2D eigenvalue weighted by Crippen LogP contribution is -2.23. The summed E-state index contributed by atoms with van der Waals surface area (Å²) in [6, 6.07) is 22.3. The molecule has 31 heavy (non-hydrogen) atoms. The molecular formula is C25H25BrN2O3. The smallest absolute Gasteiger partial charge is 0.262 e. The number of carbonyl (C=O) groups is 2. The van der Waals surface area contributed by atoms with Crippen LogP contribution in [0.25, 0.3) is 0 Å². The van der Waals surface area contributed by atoms with Gasteiger partial charge in [0.1, 0.15) is 5.75 Å². The predicted octanol–water partition coefficient (Wildman–Crippen LogP) is 5.52. The Morgan fingerprint density at radius 1 is 0.968 bits per heavy atom. The van der Waals surface area contributed by atoms with Gasteiger partial charge in [-0.2, -0.15) is 0 Å². The van der Waals surface area contributed by atoms with Crippen LogP contribution < -0.4 is 15.4 Å². The zero-order chi connectivity index (χ0) is 22.2. The zero-order valence-electron chi connectivity index (χ0n) is 17.5. The molecule has 3 rings (SSSR count). The van der Waals surface area contributed by atoms with Crippen LogP contribution in [0.1, 0.15) is 41.3 Å². The second-order valence-electron chi connectivity index (χ2n) is 7.42. The number of amides is 2. The van der Waals surface area contributed by atoms with Crippen molar-refractivity contribution in [2.24, 2.45) is 0 Å². The van der Waals surface area contributed by atoms with Gasteiger partial charge >= 0.3 is 0 Å². The van der Waals surface area contributed by atoms with Crippen molar-refractivity contribution in [3.63, 3.8) is 0 Å². The molecule has 0 spiro atoms.